The van der Waals surface area contributed by atoms with Crippen molar-refractivity contribution in [3.8, 4) is 0 Å². The van der Waals surface area contributed by atoms with Crippen LogP contribution in [-0.2, 0) is 0 Å². The highest BCUT2D eigenvalue weighted by Crippen LogP contribution is 2.21. The minimum atomic E-state index is -0.418. The van der Waals surface area contributed by atoms with Gasteiger partial charge in [0.1, 0.15) is 5.82 Å². The average Bonchev–Trinajstić information content (AvgIpc) is 2.49. The number of hydrogen-bond acceptors (Lipinski definition) is 2. The van der Waals surface area contributed by atoms with Gasteiger partial charge in [-0.25, -0.2) is 4.39 Å². The molecule has 0 unspecified atom stereocenters. The van der Waals surface area contributed by atoms with Crippen LogP contribution in [0.5, 0.6) is 0 Å². The van der Waals surface area contributed by atoms with Crippen molar-refractivity contribution in [2.45, 2.75) is 19.9 Å². The Kier molecular flexibility index (Phi) is 5.39. The number of nitrogens with zero attached hydrogens (tertiary/aromatic N) is 1. The molecule has 0 bridgehead atoms. The van der Waals surface area contributed by atoms with Crippen molar-refractivity contribution >= 4 is 39.9 Å². The van der Waals surface area contributed by atoms with E-state index in [1.54, 1.807) is 6.07 Å². The molecule has 1 amide bonds. The number of halogens is 2. The van der Waals surface area contributed by atoms with E-state index in [2.05, 4.69) is 24.1 Å². The van der Waals surface area contributed by atoms with Crippen molar-refractivity contribution < 1.29 is 9.18 Å². The molecule has 22 heavy (non-hydrogen) atoms. The van der Waals surface area contributed by atoms with Crippen LogP contribution < -0.4 is 10.2 Å². The number of rotatable bonds is 4. The Morgan fingerprint density at radius 1 is 1.23 bits per heavy atom. The van der Waals surface area contributed by atoms with Crippen molar-refractivity contribution in [1.82, 2.24) is 0 Å². The van der Waals surface area contributed by atoms with Crippen LogP contribution in [0.15, 0.2) is 42.5 Å². The van der Waals surface area contributed by atoms with Gasteiger partial charge in [-0.15, -0.1) is 0 Å². The van der Waals surface area contributed by atoms with Crippen LogP contribution in [-0.4, -0.2) is 19.0 Å². The fraction of sp³-hybridized carbons (Fsp3) is 0.235. The maximum atomic E-state index is 13.3. The van der Waals surface area contributed by atoms with Crippen molar-refractivity contribution in [3.63, 3.8) is 0 Å². The standard InChI is InChI=1S/C17H18FIN2O/c1-11(2)21(3)14-6-4-5-13(10-14)20-17(22)15-9-12(18)7-8-16(15)19/h4-11H,1-3H3,(H,20,22). The summed E-state index contributed by atoms with van der Waals surface area (Å²) in [6.45, 7) is 4.20. The second kappa shape index (κ2) is 7.09. The van der Waals surface area contributed by atoms with Gasteiger partial charge in [0.05, 0.1) is 5.56 Å². The van der Waals surface area contributed by atoms with Crippen LogP contribution in [0.25, 0.3) is 0 Å². The third-order valence-corrected chi connectivity index (χ3v) is 4.40. The molecular weight excluding hydrogens is 394 g/mol. The van der Waals surface area contributed by atoms with Crippen LogP contribution in [0.3, 0.4) is 0 Å². The van der Waals surface area contributed by atoms with Crippen molar-refractivity contribution in [2.75, 3.05) is 17.3 Å². The maximum absolute atomic E-state index is 13.3. The van der Waals surface area contributed by atoms with Gasteiger partial charge in [-0.2, -0.15) is 0 Å². The smallest absolute Gasteiger partial charge is 0.256 e. The fourth-order valence-electron chi connectivity index (χ4n) is 1.97. The van der Waals surface area contributed by atoms with Crippen molar-refractivity contribution in [1.29, 1.82) is 0 Å². The van der Waals surface area contributed by atoms with Crippen molar-refractivity contribution in [2.24, 2.45) is 0 Å². The summed E-state index contributed by atoms with van der Waals surface area (Å²) >= 11 is 2.03. The summed E-state index contributed by atoms with van der Waals surface area (Å²) in [6, 6.07) is 12.1. The first-order valence-electron chi connectivity index (χ1n) is 6.98. The van der Waals surface area contributed by atoms with Gasteiger partial charge in [0, 0.05) is 28.0 Å². The molecule has 0 atom stereocenters. The maximum Gasteiger partial charge on any atom is 0.256 e. The monoisotopic (exact) mass is 412 g/mol. The summed E-state index contributed by atoms with van der Waals surface area (Å²) < 4.78 is 14.0. The first-order valence-corrected chi connectivity index (χ1v) is 8.05. The zero-order valence-corrected chi connectivity index (χ0v) is 14.9. The van der Waals surface area contributed by atoms with Gasteiger partial charge in [0.2, 0.25) is 0 Å². The van der Waals surface area contributed by atoms with Gasteiger partial charge in [0.15, 0.2) is 0 Å². The summed E-state index contributed by atoms with van der Waals surface area (Å²) in [5.41, 5.74) is 2.04. The number of amides is 1. The molecule has 0 aliphatic heterocycles. The number of hydrogen-bond donors (Lipinski definition) is 1. The molecule has 2 rings (SSSR count). The van der Waals surface area contributed by atoms with Gasteiger partial charge in [-0.05, 0) is 72.8 Å². The zero-order chi connectivity index (χ0) is 16.3. The molecule has 0 radical (unpaired) electrons. The van der Waals surface area contributed by atoms with E-state index < -0.39 is 5.82 Å². The lowest BCUT2D eigenvalue weighted by atomic mass is 10.2. The van der Waals surface area contributed by atoms with Crippen LogP contribution in [0.2, 0.25) is 0 Å². The highest BCUT2D eigenvalue weighted by molar-refractivity contribution is 14.1. The van der Waals surface area contributed by atoms with E-state index in [9.17, 15) is 9.18 Å². The van der Waals surface area contributed by atoms with E-state index in [0.717, 1.165) is 5.69 Å². The first kappa shape index (κ1) is 16.7. The molecule has 3 nitrogen and oxygen atoms in total. The molecule has 0 saturated heterocycles. The van der Waals surface area contributed by atoms with E-state index in [4.69, 9.17) is 0 Å². The Morgan fingerprint density at radius 2 is 1.95 bits per heavy atom. The molecule has 5 heteroatoms. The van der Waals surface area contributed by atoms with E-state index in [1.165, 1.54) is 12.1 Å². The number of carbonyl (C=O) groups is 1. The predicted octanol–water partition coefficient (Wildman–Crippen LogP) is 4.53. The molecule has 0 aromatic heterocycles. The minimum absolute atomic E-state index is 0.312. The molecule has 0 heterocycles. The lowest BCUT2D eigenvalue weighted by molar-refractivity contribution is 0.102. The molecule has 116 valence electrons. The Labute approximate surface area is 143 Å². The van der Waals surface area contributed by atoms with Gasteiger partial charge < -0.3 is 10.2 Å². The normalized spacial score (nSPS) is 10.6. The zero-order valence-electron chi connectivity index (χ0n) is 12.7. The van der Waals surface area contributed by atoms with Crippen LogP contribution in [0, 0.1) is 9.39 Å². The van der Waals surface area contributed by atoms with Gasteiger partial charge in [-0.1, -0.05) is 6.07 Å². The lowest BCUT2D eigenvalue weighted by Gasteiger charge is -2.24. The number of anilines is 2. The topological polar surface area (TPSA) is 32.3 Å². The third kappa shape index (κ3) is 3.97. The van der Waals surface area contributed by atoms with Crippen molar-refractivity contribution in [3.05, 3.63) is 57.4 Å². The number of nitrogens with one attached hydrogen (secondary N) is 1. The van der Waals surface area contributed by atoms with E-state index in [0.29, 0.717) is 20.9 Å². The molecule has 0 aliphatic carbocycles. The molecule has 2 aromatic rings. The Hall–Kier alpha value is -1.63. The molecular formula is C17H18FIN2O. The van der Waals surface area contributed by atoms with Crippen LogP contribution >= 0.6 is 22.6 Å². The summed E-state index contributed by atoms with van der Waals surface area (Å²) in [6.07, 6.45) is 0. The van der Waals surface area contributed by atoms with Crippen LogP contribution in [0.1, 0.15) is 24.2 Å². The molecule has 0 aliphatic rings. The quantitative estimate of drug-likeness (QED) is 0.749. The lowest BCUT2D eigenvalue weighted by Crippen LogP contribution is -2.25. The van der Waals surface area contributed by atoms with Gasteiger partial charge >= 0.3 is 0 Å². The molecule has 2 aromatic carbocycles. The molecule has 1 N–H and O–H groups in total. The summed E-state index contributed by atoms with van der Waals surface area (Å²) in [5.74, 6) is -0.730. The Balaban J connectivity index is 2.22. The SMILES string of the molecule is CC(C)N(C)c1cccc(NC(=O)c2cc(F)ccc2I)c1. The highest BCUT2D eigenvalue weighted by Gasteiger charge is 2.12. The molecule has 0 saturated carbocycles. The number of carbonyl (C=O) groups excluding carboxylic acids is 1. The van der Waals surface area contributed by atoms with Crippen LogP contribution in [0.4, 0.5) is 15.8 Å². The summed E-state index contributed by atoms with van der Waals surface area (Å²) in [4.78, 5) is 14.4. The third-order valence-electron chi connectivity index (χ3n) is 3.46. The molecule has 0 spiro atoms. The van der Waals surface area contributed by atoms with Gasteiger partial charge in [-0.3, -0.25) is 4.79 Å². The minimum Gasteiger partial charge on any atom is -0.372 e. The van der Waals surface area contributed by atoms with E-state index >= 15 is 0 Å². The molecule has 0 fully saturated rings. The average molecular weight is 412 g/mol. The number of benzene rings is 2. The van der Waals surface area contributed by atoms with Gasteiger partial charge in [0.25, 0.3) is 5.91 Å². The summed E-state index contributed by atoms with van der Waals surface area (Å²) in [7, 11) is 2.00. The summed E-state index contributed by atoms with van der Waals surface area (Å²) in [5, 5.41) is 2.82. The Bertz CT molecular complexity index is 688. The fourth-order valence-corrected chi connectivity index (χ4v) is 2.55. The highest BCUT2D eigenvalue weighted by atomic mass is 127. The first-order chi connectivity index (χ1) is 10.4. The van der Waals surface area contributed by atoms with E-state index in [-0.39, 0.29) is 5.91 Å². The predicted molar refractivity (Wildman–Crippen MR) is 97.1 cm³/mol. The van der Waals surface area contributed by atoms with E-state index in [1.807, 2.05) is 53.9 Å². The second-order valence-electron chi connectivity index (χ2n) is 5.33. The Morgan fingerprint density at radius 3 is 2.64 bits per heavy atom. The largest absolute Gasteiger partial charge is 0.372 e. The second-order valence-corrected chi connectivity index (χ2v) is 6.50.